The summed E-state index contributed by atoms with van der Waals surface area (Å²) in [6.07, 6.45) is -0.803. The Bertz CT molecular complexity index is 1060. The third kappa shape index (κ3) is 4.23. The minimum atomic E-state index is -0.803. The number of carbonyl (C=O) groups excluding carboxylic acids is 1. The number of carbonyl (C=O) groups is 1. The fourth-order valence-electron chi connectivity index (χ4n) is 2.65. The van der Waals surface area contributed by atoms with Crippen LogP contribution in [0.25, 0.3) is 11.0 Å². The lowest BCUT2D eigenvalue weighted by Crippen LogP contribution is -2.30. The molecule has 7 heteroatoms. The Hall–Kier alpha value is -2.99. The molecule has 0 unspecified atom stereocenters. The second-order valence-corrected chi connectivity index (χ2v) is 6.44. The van der Waals surface area contributed by atoms with Crippen molar-refractivity contribution in [2.75, 3.05) is 12.4 Å². The first kappa shape index (κ1) is 18.8. The van der Waals surface area contributed by atoms with Gasteiger partial charge in [-0.25, -0.2) is 4.79 Å². The van der Waals surface area contributed by atoms with E-state index in [0.29, 0.717) is 27.8 Å². The summed E-state index contributed by atoms with van der Waals surface area (Å²) in [5.41, 5.74) is 1.23. The van der Waals surface area contributed by atoms with Gasteiger partial charge in [0.25, 0.3) is 5.91 Å². The van der Waals surface area contributed by atoms with Crippen LogP contribution in [0.15, 0.2) is 51.7 Å². The van der Waals surface area contributed by atoms with Crippen LogP contribution in [-0.2, 0) is 4.79 Å². The number of amides is 1. The van der Waals surface area contributed by atoms with Gasteiger partial charge < -0.3 is 19.2 Å². The molecule has 1 aromatic heterocycles. The molecule has 0 spiro atoms. The number of hydrogen-bond acceptors (Lipinski definition) is 5. The molecule has 0 radical (unpaired) electrons. The Morgan fingerprint density at radius 1 is 1.19 bits per heavy atom. The Kier molecular flexibility index (Phi) is 5.37. The molecule has 1 atom stereocenters. The summed E-state index contributed by atoms with van der Waals surface area (Å²) >= 11 is 5.97. The monoisotopic (exact) mass is 387 g/mol. The maximum absolute atomic E-state index is 12.5. The minimum absolute atomic E-state index is 0.374. The lowest BCUT2D eigenvalue weighted by Gasteiger charge is -2.16. The summed E-state index contributed by atoms with van der Waals surface area (Å²) in [4.78, 5) is 24.0. The van der Waals surface area contributed by atoms with Crippen molar-refractivity contribution in [1.29, 1.82) is 0 Å². The molecular formula is C20H18ClNO5. The fourth-order valence-corrected chi connectivity index (χ4v) is 2.82. The van der Waals surface area contributed by atoms with Gasteiger partial charge in [-0.1, -0.05) is 11.6 Å². The maximum Gasteiger partial charge on any atom is 0.336 e. The molecule has 0 saturated carbocycles. The predicted octanol–water partition coefficient (Wildman–Crippen LogP) is 4.17. The van der Waals surface area contributed by atoms with E-state index in [9.17, 15) is 9.59 Å². The number of ether oxygens (including phenoxy) is 2. The quantitative estimate of drug-likeness (QED) is 0.665. The zero-order valence-electron chi connectivity index (χ0n) is 15.0. The van der Waals surface area contributed by atoms with Crippen molar-refractivity contribution in [1.82, 2.24) is 0 Å². The Balaban J connectivity index is 1.78. The number of anilines is 1. The molecule has 1 amide bonds. The molecule has 1 heterocycles. The Labute approximate surface area is 160 Å². The summed E-state index contributed by atoms with van der Waals surface area (Å²) in [7, 11) is 1.50. The third-order valence-electron chi connectivity index (χ3n) is 4.02. The molecule has 0 aliphatic carbocycles. The molecule has 2 aromatic carbocycles. The van der Waals surface area contributed by atoms with Crippen LogP contribution < -0.4 is 20.4 Å². The molecule has 0 fully saturated rings. The number of rotatable bonds is 5. The zero-order chi connectivity index (χ0) is 19.6. The van der Waals surface area contributed by atoms with E-state index in [0.717, 1.165) is 10.9 Å². The molecule has 1 N–H and O–H groups in total. The van der Waals surface area contributed by atoms with E-state index in [-0.39, 0.29) is 5.91 Å². The van der Waals surface area contributed by atoms with Gasteiger partial charge in [0.2, 0.25) is 0 Å². The summed E-state index contributed by atoms with van der Waals surface area (Å²) in [5.74, 6) is 0.529. The van der Waals surface area contributed by atoms with E-state index in [2.05, 4.69) is 5.32 Å². The lowest BCUT2D eigenvalue weighted by atomic mass is 10.1. The summed E-state index contributed by atoms with van der Waals surface area (Å²) in [6, 6.07) is 11.5. The number of fused-ring (bicyclic) bond motifs is 1. The highest BCUT2D eigenvalue weighted by Gasteiger charge is 2.17. The molecule has 6 nitrogen and oxygen atoms in total. The van der Waals surface area contributed by atoms with Crippen molar-refractivity contribution in [2.45, 2.75) is 20.0 Å². The molecule has 0 aliphatic rings. The summed E-state index contributed by atoms with van der Waals surface area (Å²) in [6.45, 7) is 3.44. The maximum atomic E-state index is 12.5. The average molecular weight is 388 g/mol. The van der Waals surface area contributed by atoms with E-state index in [1.54, 1.807) is 43.3 Å². The highest BCUT2D eigenvalue weighted by Crippen LogP contribution is 2.28. The van der Waals surface area contributed by atoms with Gasteiger partial charge in [0.05, 0.1) is 12.8 Å². The van der Waals surface area contributed by atoms with E-state index < -0.39 is 11.7 Å². The van der Waals surface area contributed by atoms with Crippen molar-refractivity contribution < 1.29 is 18.7 Å². The highest BCUT2D eigenvalue weighted by atomic mass is 35.5. The molecule has 3 aromatic rings. The number of methoxy groups -OCH3 is 1. The van der Waals surface area contributed by atoms with Gasteiger partial charge in [-0.2, -0.15) is 0 Å². The van der Waals surface area contributed by atoms with Gasteiger partial charge in [0, 0.05) is 22.5 Å². The van der Waals surface area contributed by atoms with Crippen LogP contribution in [0.1, 0.15) is 12.5 Å². The van der Waals surface area contributed by atoms with E-state index in [1.807, 2.05) is 6.92 Å². The van der Waals surface area contributed by atoms with Gasteiger partial charge in [-0.15, -0.1) is 0 Å². The van der Waals surface area contributed by atoms with E-state index >= 15 is 0 Å². The lowest BCUT2D eigenvalue weighted by molar-refractivity contribution is -0.122. The highest BCUT2D eigenvalue weighted by molar-refractivity contribution is 6.31. The van der Waals surface area contributed by atoms with Gasteiger partial charge in [0.1, 0.15) is 17.1 Å². The number of aryl methyl sites for hydroxylation is 1. The number of benzene rings is 2. The van der Waals surface area contributed by atoms with Crippen LogP contribution in [0.2, 0.25) is 5.02 Å². The van der Waals surface area contributed by atoms with Crippen molar-refractivity contribution in [3.05, 3.63) is 63.5 Å². The number of nitrogens with one attached hydrogen (secondary N) is 1. The van der Waals surface area contributed by atoms with Gasteiger partial charge in [-0.05, 0) is 49.7 Å². The number of hydrogen-bond donors (Lipinski definition) is 1. The largest absolute Gasteiger partial charge is 0.495 e. The molecule has 0 bridgehead atoms. The second kappa shape index (κ2) is 7.72. The standard InChI is InChI=1S/C20H18ClNO5/c1-11-8-19(23)27-18-10-14(5-6-15(11)18)26-12(2)20(24)22-16-9-13(21)4-7-17(16)25-3/h4-10,12H,1-3H3,(H,22,24)/t12-/m0/s1. The molecular weight excluding hydrogens is 370 g/mol. The first-order valence-corrected chi connectivity index (χ1v) is 8.61. The zero-order valence-corrected chi connectivity index (χ0v) is 15.8. The smallest absolute Gasteiger partial charge is 0.336 e. The summed E-state index contributed by atoms with van der Waals surface area (Å²) in [5, 5.41) is 4.01. The van der Waals surface area contributed by atoms with Crippen molar-refractivity contribution in [3.63, 3.8) is 0 Å². The van der Waals surface area contributed by atoms with Gasteiger partial charge >= 0.3 is 5.63 Å². The summed E-state index contributed by atoms with van der Waals surface area (Å²) < 4.78 is 16.1. The molecule has 27 heavy (non-hydrogen) atoms. The van der Waals surface area contributed by atoms with Crippen LogP contribution in [-0.4, -0.2) is 19.1 Å². The molecule has 0 saturated heterocycles. The van der Waals surface area contributed by atoms with Crippen LogP contribution in [0.3, 0.4) is 0 Å². The van der Waals surface area contributed by atoms with Crippen molar-refractivity contribution in [3.8, 4) is 11.5 Å². The van der Waals surface area contributed by atoms with Gasteiger partial charge in [-0.3, -0.25) is 4.79 Å². The number of halogens is 1. The second-order valence-electron chi connectivity index (χ2n) is 6.00. The average Bonchev–Trinajstić information content (AvgIpc) is 2.61. The fraction of sp³-hybridized carbons (Fsp3) is 0.200. The van der Waals surface area contributed by atoms with Crippen LogP contribution >= 0.6 is 11.6 Å². The molecule has 3 rings (SSSR count). The SMILES string of the molecule is COc1ccc(Cl)cc1NC(=O)[C@H](C)Oc1ccc2c(C)cc(=O)oc2c1. The molecule has 0 aliphatic heterocycles. The topological polar surface area (TPSA) is 77.8 Å². The Morgan fingerprint density at radius 2 is 1.96 bits per heavy atom. The van der Waals surface area contributed by atoms with Crippen LogP contribution in [0.4, 0.5) is 5.69 Å². The van der Waals surface area contributed by atoms with Crippen molar-refractivity contribution >= 4 is 34.2 Å². The predicted molar refractivity (Wildman–Crippen MR) is 104 cm³/mol. The van der Waals surface area contributed by atoms with Crippen LogP contribution in [0.5, 0.6) is 11.5 Å². The Morgan fingerprint density at radius 3 is 2.70 bits per heavy atom. The minimum Gasteiger partial charge on any atom is -0.495 e. The van der Waals surface area contributed by atoms with Gasteiger partial charge in [0.15, 0.2) is 6.10 Å². The molecule has 140 valence electrons. The normalized spacial score (nSPS) is 11.9. The van der Waals surface area contributed by atoms with E-state index in [4.69, 9.17) is 25.5 Å². The third-order valence-corrected chi connectivity index (χ3v) is 4.26. The van der Waals surface area contributed by atoms with Crippen molar-refractivity contribution in [2.24, 2.45) is 0 Å². The first-order valence-electron chi connectivity index (χ1n) is 8.23. The van der Waals surface area contributed by atoms with E-state index in [1.165, 1.54) is 13.2 Å². The van der Waals surface area contributed by atoms with Crippen LogP contribution in [0, 0.1) is 6.92 Å². The first-order chi connectivity index (χ1) is 12.9.